The van der Waals surface area contributed by atoms with Gasteiger partial charge in [-0.3, -0.25) is 4.79 Å². The highest BCUT2D eigenvalue weighted by atomic mass is 16.2. The minimum Gasteiger partial charge on any atom is -0.263 e. The molecule has 11 heavy (non-hydrogen) atoms. The van der Waals surface area contributed by atoms with Crippen molar-refractivity contribution in [1.29, 1.82) is 0 Å². The molecular weight excluding hydrogens is 144 g/mol. The van der Waals surface area contributed by atoms with Gasteiger partial charge in [0.15, 0.2) is 5.69 Å². The number of azo groups is 1. The average Bonchev–Trinajstić information content (AvgIpc) is 2.33. The molecule has 0 fully saturated rings. The molecule has 2 rings (SSSR count). The smallest absolute Gasteiger partial charge is 0.263 e. The molecule has 0 aliphatic carbocycles. The third-order valence-corrected chi connectivity index (χ3v) is 1.34. The standard InChI is InChI=1S/C6H4N4O/c1-3-7-2-4-5(8-3)6(11)10-9-4/h2H,1H3. The summed E-state index contributed by atoms with van der Waals surface area (Å²) >= 11 is 0. The van der Waals surface area contributed by atoms with Gasteiger partial charge in [0.05, 0.1) is 6.20 Å². The Labute approximate surface area is 62.2 Å². The van der Waals surface area contributed by atoms with E-state index in [1.807, 2.05) is 0 Å². The second-order valence-corrected chi connectivity index (χ2v) is 2.16. The predicted molar refractivity (Wildman–Crippen MR) is 35.6 cm³/mol. The summed E-state index contributed by atoms with van der Waals surface area (Å²) < 4.78 is 0. The van der Waals surface area contributed by atoms with Crippen LogP contribution in [0.5, 0.6) is 0 Å². The van der Waals surface area contributed by atoms with E-state index in [1.165, 1.54) is 6.20 Å². The molecule has 1 aliphatic heterocycles. The summed E-state index contributed by atoms with van der Waals surface area (Å²) in [4.78, 5) is 18.6. The first-order valence-corrected chi connectivity index (χ1v) is 3.07. The van der Waals surface area contributed by atoms with Gasteiger partial charge in [-0.25, -0.2) is 9.97 Å². The minimum atomic E-state index is -0.384. The Morgan fingerprint density at radius 3 is 3.00 bits per heavy atom. The third-order valence-electron chi connectivity index (χ3n) is 1.34. The van der Waals surface area contributed by atoms with Gasteiger partial charge in [0.25, 0.3) is 0 Å². The number of amides is 1. The van der Waals surface area contributed by atoms with Crippen molar-refractivity contribution in [3.63, 3.8) is 0 Å². The Bertz CT molecular complexity index is 358. The highest BCUT2D eigenvalue weighted by Gasteiger charge is 2.18. The van der Waals surface area contributed by atoms with Gasteiger partial charge < -0.3 is 0 Å². The number of carbonyl (C=O) groups is 1. The first kappa shape index (κ1) is 6.09. The van der Waals surface area contributed by atoms with E-state index in [0.717, 1.165) is 0 Å². The molecule has 1 amide bonds. The highest BCUT2D eigenvalue weighted by molar-refractivity contribution is 5.99. The molecule has 0 N–H and O–H groups in total. The molecule has 0 saturated carbocycles. The van der Waals surface area contributed by atoms with E-state index in [2.05, 4.69) is 20.2 Å². The van der Waals surface area contributed by atoms with E-state index >= 15 is 0 Å². The molecule has 5 nitrogen and oxygen atoms in total. The quantitative estimate of drug-likeness (QED) is 0.551. The third kappa shape index (κ3) is 0.813. The summed E-state index contributed by atoms with van der Waals surface area (Å²) in [5.74, 6) is 0.176. The topological polar surface area (TPSA) is 67.6 Å². The Kier molecular flexibility index (Phi) is 1.06. The number of fused-ring (bicyclic) bond motifs is 1. The number of carbonyl (C=O) groups excluding carboxylic acids is 1. The number of aryl methyl sites for hydroxylation is 1. The van der Waals surface area contributed by atoms with Crippen LogP contribution in [0.15, 0.2) is 16.4 Å². The van der Waals surface area contributed by atoms with Gasteiger partial charge in [-0.1, -0.05) is 0 Å². The fraction of sp³-hybridized carbons (Fsp3) is 0.167. The number of nitrogens with zero attached hydrogens (tertiary/aromatic N) is 4. The lowest BCUT2D eigenvalue weighted by molar-refractivity contribution is 0.0998. The zero-order valence-corrected chi connectivity index (χ0v) is 5.77. The van der Waals surface area contributed by atoms with Gasteiger partial charge in [0.2, 0.25) is 0 Å². The number of hydrogen-bond acceptors (Lipinski definition) is 4. The predicted octanol–water partition coefficient (Wildman–Crippen LogP) is 1.02. The van der Waals surface area contributed by atoms with E-state index in [0.29, 0.717) is 17.2 Å². The number of hydrogen-bond donors (Lipinski definition) is 0. The molecule has 0 aromatic carbocycles. The summed E-state index contributed by atoms with van der Waals surface area (Å²) in [6.45, 7) is 1.71. The lowest BCUT2D eigenvalue weighted by Crippen LogP contribution is -1.97. The fourth-order valence-corrected chi connectivity index (χ4v) is 0.841. The van der Waals surface area contributed by atoms with Gasteiger partial charge in [-0.15, -0.1) is 10.2 Å². The van der Waals surface area contributed by atoms with E-state index in [-0.39, 0.29) is 5.91 Å². The van der Waals surface area contributed by atoms with E-state index in [1.54, 1.807) is 6.92 Å². The first-order valence-electron chi connectivity index (χ1n) is 3.07. The van der Waals surface area contributed by atoms with Crippen LogP contribution in [0.2, 0.25) is 0 Å². The van der Waals surface area contributed by atoms with Crippen molar-refractivity contribution in [2.45, 2.75) is 6.92 Å². The average molecular weight is 148 g/mol. The zero-order valence-electron chi connectivity index (χ0n) is 5.77. The lowest BCUT2D eigenvalue weighted by Gasteiger charge is -1.92. The second kappa shape index (κ2) is 1.91. The maximum Gasteiger partial charge on any atom is 0.316 e. The molecule has 1 aliphatic rings. The Morgan fingerprint density at radius 1 is 1.36 bits per heavy atom. The zero-order chi connectivity index (χ0) is 7.84. The van der Waals surface area contributed by atoms with E-state index < -0.39 is 0 Å². The van der Waals surface area contributed by atoms with Crippen LogP contribution in [0.1, 0.15) is 16.3 Å². The maximum absolute atomic E-state index is 10.9. The number of rotatable bonds is 0. The Balaban J connectivity index is 2.67. The largest absolute Gasteiger partial charge is 0.316 e. The molecule has 5 heteroatoms. The van der Waals surface area contributed by atoms with Crippen molar-refractivity contribution < 1.29 is 4.79 Å². The van der Waals surface area contributed by atoms with Crippen LogP contribution in [0.3, 0.4) is 0 Å². The van der Waals surface area contributed by atoms with Crippen LogP contribution in [0, 0.1) is 6.92 Å². The fourth-order valence-electron chi connectivity index (χ4n) is 0.841. The monoisotopic (exact) mass is 148 g/mol. The summed E-state index contributed by atoms with van der Waals surface area (Å²) in [5.41, 5.74) is 0.762. The Morgan fingerprint density at radius 2 is 2.18 bits per heavy atom. The van der Waals surface area contributed by atoms with Crippen molar-refractivity contribution in [3.8, 4) is 0 Å². The molecule has 0 saturated heterocycles. The SMILES string of the molecule is Cc1ncc2c(n1)C(=O)N=N2. The van der Waals surface area contributed by atoms with Gasteiger partial charge >= 0.3 is 5.91 Å². The van der Waals surface area contributed by atoms with Crippen LogP contribution in [-0.2, 0) is 0 Å². The molecule has 0 atom stereocenters. The first-order chi connectivity index (χ1) is 5.27. The molecule has 1 aromatic rings. The molecule has 1 aromatic heterocycles. The van der Waals surface area contributed by atoms with Gasteiger partial charge in [0.1, 0.15) is 11.5 Å². The van der Waals surface area contributed by atoms with Crippen LogP contribution in [-0.4, -0.2) is 15.9 Å². The van der Waals surface area contributed by atoms with Crippen molar-refractivity contribution in [1.82, 2.24) is 9.97 Å². The van der Waals surface area contributed by atoms with Gasteiger partial charge in [-0.2, -0.15) is 0 Å². The molecular formula is C6H4N4O. The second-order valence-electron chi connectivity index (χ2n) is 2.16. The van der Waals surface area contributed by atoms with E-state index in [4.69, 9.17) is 0 Å². The van der Waals surface area contributed by atoms with Crippen molar-refractivity contribution in [2.75, 3.05) is 0 Å². The summed E-state index contributed by atoms with van der Waals surface area (Å²) in [6, 6.07) is 0. The van der Waals surface area contributed by atoms with Crippen LogP contribution >= 0.6 is 0 Å². The minimum absolute atomic E-state index is 0.303. The van der Waals surface area contributed by atoms with Crippen LogP contribution in [0.25, 0.3) is 0 Å². The normalized spacial score (nSPS) is 13.7. The summed E-state index contributed by atoms with van der Waals surface area (Å²) in [5, 5.41) is 6.90. The number of aromatic nitrogens is 2. The maximum atomic E-state index is 10.9. The molecule has 0 radical (unpaired) electrons. The summed E-state index contributed by atoms with van der Waals surface area (Å²) in [7, 11) is 0. The molecule has 2 heterocycles. The van der Waals surface area contributed by atoms with E-state index in [9.17, 15) is 4.79 Å². The Hall–Kier alpha value is -1.65. The van der Waals surface area contributed by atoms with Crippen LogP contribution in [0.4, 0.5) is 5.69 Å². The molecule has 0 bridgehead atoms. The van der Waals surface area contributed by atoms with Gasteiger partial charge in [0, 0.05) is 0 Å². The molecule has 54 valence electrons. The van der Waals surface area contributed by atoms with Crippen molar-refractivity contribution >= 4 is 11.6 Å². The summed E-state index contributed by atoms with van der Waals surface area (Å²) in [6.07, 6.45) is 1.49. The molecule has 0 spiro atoms. The molecule has 0 unspecified atom stereocenters. The van der Waals surface area contributed by atoms with Crippen LogP contribution < -0.4 is 0 Å². The van der Waals surface area contributed by atoms with Gasteiger partial charge in [-0.05, 0) is 6.92 Å². The van der Waals surface area contributed by atoms with Crippen molar-refractivity contribution in [2.24, 2.45) is 10.2 Å². The highest BCUT2D eigenvalue weighted by Crippen LogP contribution is 2.22. The van der Waals surface area contributed by atoms with Crippen molar-refractivity contribution in [3.05, 3.63) is 17.7 Å². The lowest BCUT2D eigenvalue weighted by atomic mass is 10.3.